The summed E-state index contributed by atoms with van der Waals surface area (Å²) in [7, 11) is 0. The lowest BCUT2D eigenvalue weighted by Crippen LogP contribution is -2.21. The van der Waals surface area contributed by atoms with Gasteiger partial charge in [-0.3, -0.25) is 0 Å². The minimum Gasteiger partial charge on any atom is -0.324 e. The van der Waals surface area contributed by atoms with Gasteiger partial charge in [0.1, 0.15) is 0 Å². The molecule has 0 aromatic heterocycles. The molecule has 0 heterocycles. The third kappa shape index (κ3) is 6.37. The standard InChI is InChI=1S/C17H18ClN.C16H15Cl2N.CH4/c1-11-10-12(6-8-16(11)18)13-7-9-17(19)15-5-3-2-4-14(13)15;17-14-7-5-10(9-15(14)18)11-6-8-16(19)13-4-2-1-3-12(11)13;/h2-6,8,10,13,17H,7,9,19H2,1H3;1-5,7,9,11,16H,6,8,19H2;1H4/t13-,17+;11-,16+;/m10./s1. The normalized spacial score (nSPS) is 21.5. The molecule has 2 nitrogen and oxygen atoms in total. The van der Waals surface area contributed by atoms with E-state index in [2.05, 4.69) is 73.7 Å². The number of nitrogens with two attached hydrogens (primary N) is 2. The quantitative estimate of drug-likeness (QED) is 0.248. The van der Waals surface area contributed by atoms with Crippen molar-refractivity contribution in [2.75, 3.05) is 0 Å². The second-order valence-corrected chi connectivity index (χ2v) is 11.6. The van der Waals surface area contributed by atoms with Crippen molar-refractivity contribution in [3.63, 3.8) is 0 Å². The molecule has 4 N–H and O–H groups in total. The van der Waals surface area contributed by atoms with Crippen molar-refractivity contribution in [2.24, 2.45) is 11.5 Å². The van der Waals surface area contributed by atoms with Crippen LogP contribution in [0, 0.1) is 6.92 Å². The van der Waals surface area contributed by atoms with E-state index in [9.17, 15) is 0 Å². The first-order valence-electron chi connectivity index (χ1n) is 13.2. The van der Waals surface area contributed by atoms with Crippen molar-refractivity contribution in [3.05, 3.63) is 139 Å². The molecule has 6 rings (SSSR count). The molecule has 2 aliphatic rings. The van der Waals surface area contributed by atoms with Gasteiger partial charge in [0, 0.05) is 28.9 Å². The van der Waals surface area contributed by atoms with Crippen LogP contribution < -0.4 is 11.5 Å². The van der Waals surface area contributed by atoms with Gasteiger partial charge in [-0.2, -0.15) is 0 Å². The second-order valence-electron chi connectivity index (χ2n) is 10.4. The summed E-state index contributed by atoms with van der Waals surface area (Å²) in [5.74, 6) is 0.817. The van der Waals surface area contributed by atoms with Crippen LogP contribution in [0.3, 0.4) is 0 Å². The Morgan fingerprint density at radius 1 is 0.538 bits per heavy atom. The number of hydrogen-bond donors (Lipinski definition) is 2. The molecule has 39 heavy (non-hydrogen) atoms. The fraction of sp³-hybridized carbons (Fsp3) is 0.294. The second kappa shape index (κ2) is 12.9. The van der Waals surface area contributed by atoms with Crippen LogP contribution >= 0.6 is 34.8 Å². The summed E-state index contributed by atoms with van der Waals surface area (Å²) in [4.78, 5) is 0. The molecule has 204 valence electrons. The molecule has 4 atom stereocenters. The fourth-order valence-electron chi connectivity index (χ4n) is 5.95. The number of halogens is 3. The van der Waals surface area contributed by atoms with Crippen LogP contribution in [0.1, 0.15) is 96.0 Å². The lowest BCUT2D eigenvalue weighted by molar-refractivity contribution is 0.530. The molecule has 4 aromatic rings. The van der Waals surface area contributed by atoms with E-state index in [-0.39, 0.29) is 19.5 Å². The van der Waals surface area contributed by atoms with E-state index in [4.69, 9.17) is 46.3 Å². The summed E-state index contributed by atoms with van der Waals surface area (Å²) in [6.07, 6.45) is 4.21. The maximum atomic E-state index is 6.22. The third-order valence-corrected chi connectivity index (χ3v) is 9.17. The monoisotopic (exact) mass is 578 g/mol. The van der Waals surface area contributed by atoms with Gasteiger partial charge >= 0.3 is 0 Å². The number of rotatable bonds is 2. The van der Waals surface area contributed by atoms with Gasteiger partial charge in [-0.1, -0.05) is 109 Å². The van der Waals surface area contributed by atoms with Gasteiger partial charge in [0.25, 0.3) is 0 Å². The summed E-state index contributed by atoms with van der Waals surface area (Å²) in [6, 6.07) is 29.6. The van der Waals surface area contributed by atoms with Crippen LogP contribution in [0.15, 0.2) is 84.9 Å². The average molecular weight is 580 g/mol. The Morgan fingerprint density at radius 3 is 1.44 bits per heavy atom. The molecule has 0 unspecified atom stereocenters. The molecule has 2 aliphatic carbocycles. The molecular formula is C34H37Cl3N2. The van der Waals surface area contributed by atoms with E-state index < -0.39 is 0 Å². The van der Waals surface area contributed by atoms with Crippen molar-refractivity contribution in [1.29, 1.82) is 0 Å². The largest absolute Gasteiger partial charge is 0.324 e. The van der Waals surface area contributed by atoms with E-state index in [0.717, 1.165) is 36.3 Å². The van der Waals surface area contributed by atoms with Crippen LogP contribution in [0.5, 0.6) is 0 Å². The van der Waals surface area contributed by atoms with Gasteiger partial charge in [0.2, 0.25) is 0 Å². The number of fused-ring (bicyclic) bond motifs is 2. The molecule has 0 bridgehead atoms. The Balaban J connectivity index is 0.000000176. The van der Waals surface area contributed by atoms with Gasteiger partial charge in [0.05, 0.1) is 10.0 Å². The van der Waals surface area contributed by atoms with Gasteiger partial charge in [-0.15, -0.1) is 0 Å². The van der Waals surface area contributed by atoms with E-state index >= 15 is 0 Å². The fourth-order valence-corrected chi connectivity index (χ4v) is 6.38. The summed E-state index contributed by atoms with van der Waals surface area (Å²) >= 11 is 18.2. The van der Waals surface area contributed by atoms with Gasteiger partial charge in [0.15, 0.2) is 0 Å². The van der Waals surface area contributed by atoms with Crippen LogP contribution in [-0.2, 0) is 0 Å². The zero-order valence-electron chi connectivity index (χ0n) is 21.5. The predicted molar refractivity (Wildman–Crippen MR) is 168 cm³/mol. The highest BCUT2D eigenvalue weighted by Crippen LogP contribution is 2.42. The lowest BCUT2D eigenvalue weighted by Gasteiger charge is -2.30. The van der Waals surface area contributed by atoms with Crippen molar-refractivity contribution >= 4 is 34.8 Å². The maximum Gasteiger partial charge on any atom is 0.0595 e. The van der Waals surface area contributed by atoms with Crippen LogP contribution in [0.4, 0.5) is 0 Å². The van der Waals surface area contributed by atoms with Crippen molar-refractivity contribution < 1.29 is 0 Å². The Hall–Kier alpha value is -2.33. The first kappa shape index (κ1) is 29.6. The van der Waals surface area contributed by atoms with Gasteiger partial charge < -0.3 is 11.5 Å². The smallest absolute Gasteiger partial charge is 0.0595 e. The molecule has 5 heteroatoms. The highest BCUT2D eigenvalue weighted by Gasteiger charge is 2.27. The molecule has 0 radical (unpaired) electrons. The SMILES string of the molecule is C.Cc1cc([C@H]2CC[C@H](N)c3ccccc32)ccc1Cl.N[C@@H]1CC[C@@H](c2ccc(Cl)c(Cl)c2)c2ccccc21. The Bertz CT molecular complexity index is 1320. The Labute approximate surface area is 248 Å². The Morgan fingerprint density at radius 2 is 0.974 bits per heavy atom. The zero-order valence-corrected chi connectivity index (χ0v) is 23.8. The van der Waals surface area contributed by atoms with E-state index in [1.54, 1.807) is 0 Å². The number of aryl methyl sites for hydroxylation is 1. The first-order chi connectivity index (χ1) is 18.3. The molecule has 0 saturated heterocycles. The summed E-state index contributed by atoms with van der Waals surface area (Å²) < 4.78 is 0. The summed E-state index contributed by atoms with van der Waals surface area (Å²) in [5, 5.41) is 2.06. The predicted octanol–water partition coefficient (Wildman–Crippen LogP) is 10.1. The third-order valence-electron chi connectivity index (χ3n) is 8.00. The average Bonchev–Trinajstić information content (AvgIpc) is 2.93. The highest BCUT2D eigenvalue weighted by atomic mass is 35.5. The van der Waals surface area contributed by atoms with Crippen molar-refractivity contribution in [1.82, 2.24) is 0 Å². The minimum atomic E-state index is 0. The maximum absolute atomic E-state index is 6.22. The van der Waals surface area contributed by atoms with E-state index in [1.807, 2.05) is 18.2 Å². The van der Waals surface area contributed by atoms with Crippen molar-refractivity contribution in [3.8, 4) is 0 Å². The Kier molecular flexibility index (Phi) is 9.80. The van der Waals surface area contributed by atoms with Gasteiger partial charge in [-0.25, -0.2) is 0 Å². The summed E-state index contributed by atoms with van der Waals surface area (Å²) in [5.41, 5.74) is 21.4. The molecule has 0 amide bonds. The number of hydrogen-bond acceptors (Lipinski definition) is 2. The summed E-state index contributed by atoms with van der Waals surface area (Å²) in [6.45, 7) is 2.06. The topological polar surface area (TPSA) is 52.0 Å². The van der Waals surface area contributed by atoms with Crippen molar-refractivity contribution in [2.45, 2.75) is 64.0 Å². The zero-order chi connectivity index (χ0) is 26.8. The highest BCUT2D eigenvalue weighted by molar-refractivity contribution is 6.42. The van der Waals surface area contributed by atoms with Crippen LogP contribution in [-0.4, -0.2) is 0 Å². The molecule has 0 spiro atoms. The molecular weight excluding hydrogens is 543 g/mol. The van der Waals surface area contributed by atoms with Crippen LogP contribution in [0.2, 0.25) is 15.1 Å². The van der Waals surface area contributed by atoms with E-state index in [0.29, 0.717) is 21.9 Å². The van der Waals surface area contributed by atoms with Crippen LogP contribution in [0.25, 0.3) is 0 Å². The van der Waals surface area contributed by atoms with E-state index in [1.165, 1.54) is 33.4 Å². The molecule has 0 saturated carbocycles. The molecule has 4 aromatic carbocycles. The number of benzene rings is 4. The first-order valence-corrected chi connectivity index (χ1v) is 14.4. The lowest BCUT2D eigenvalue weighted by atomic mass is 9.77. The van der Waals surface area contributed by atoms with Gasteiger partial charge in [-0.05, 0) is 89.8 Å². The minimum absolute atomic E-state index is 0. The molecule has 0 fully saturated rings. The molecule has 0 aliphatic heterocycles.